The van der Waals surface area contributed by atoms with Gasteiger partial charge in [0.15, 0.2) is 5.16 Å². The van der Waals surface area contributed by atoms with E-state index in [1.54, 1.807) is 0 Å². The molecule has 2 N–H and O–H groups in total. The molecule has 1 heterocycles. The number of nitrogens with one attached hydrogen (secondary N) is 2. The van der Waals surface area contributed by atoms with Crippen molar-refractivity contribution < 1.29 is 22.4 Å². The number of fused-ring (bicyclic) bond motifs is 1. The number of aromatic amines is 1. The van der Waals surface area contributed by atoms with E-state index in [4.69, 9.17) is 0 Å². The molecule has 0 aliphatic carbocycles. The van der Waals surface area contributed by atoms with E-state index in [0.717, 1.165) is 40.5 Å². The summed E-state index contributed by atoms with van der Waals surface area (Å²) >= 11 is 1.06. The monoisotopic (exact) mass is 383 g/mol. The summed E-state index contributed by atoms with van der Waals surface area (Å²) in [7, 11) is 0. The van der Waals surface area contributed by atoms with E-state index in [9.17, 15) is 22.4 Å². The standard InChI is InChI=1S/C17H13F4N3OS/c1-9-2-4-13-14(6-9)24-16(23-13)26-8-15(25)22-12-5-3-10(18)7-11(12)17(19,20)21/h2-7H,8H2,1H3,(H,22,25)(H,23,24). The van der Waals surface area contributed by atoms with Crippen LogP contribution in [0.15, 0.2) is 41.6 Å². The molecule has 136 valence electrons. The summed E-state index contributed by atoms with van der Waals surface area (Å²) in [4.78, 5) is 19.3. The van der Waals surface area contributed by atoms with Crippen molar-refractivity contribution in [2.24, 2.45) is 0 Å². The van der Waals surface area contributed by atoms with Gasteiger partial charge < -0.3 is 10.3 Å². The number of carbonyl (C=O) groups excluding carboxylic acids is 1. The van der Waals surface area contributed by atoms with Crippen LogP contribution in [0.25, 0.3) is 11.0 Å². The lowest BCUT2D eigenvalue weighted by Crippen LogP contribution is -2.18. The van der Waals surface area contributed by atoms with Crippen LogP contribution in [0.1, 0.15) is 11.1 Å². The number of aryl methyl sites for hydroxylation is 1. The number of hydrogen-bond donors (Lipinski definition) is 2. The highest BCUT2D eigenvalue weighted by Crippen LogP contribution is 2.35. The third kappa shape index (κ3) is 4.16. The Hall–Kier alpha value is -2.55. The van der Waals surface area contributed by atoms with Crippen LogP contribution in [0, 0.1) is 12.7 Å². The Morgan fingerprint density at radius 2 is 2.00 bits per heavy atom. The molecule has 0 unspecified atom stereocenters. The van der Waals surface area contributed by atoms with Crippen LogP contribution in [0.2, 0.25) is 0 Å². The summed E-state index contributed by atoms with van der Waals surface area (Å²) < 4.78 is 51.9. The number of hydrogen-bond acceptors (Lipinski definition) is 3. The van der Waals surface area contributed by atoms with E-state index in [1.807, 2.05) is 25.1 Å². The van der Waals surface area contributed by atoms with Gasteiger partial charge in [-0.3, -0.25) is 4.79 Å². The van der Waals surface area contributed by atoms with E-state index >= 15 is 0 Å². The number of nitrogens with zero attached hydrogens (tertiary/aromatic N) is 1. The lowest BCUT2D eigenvalue weighted by molar-refractivity contribution is -0.137. The minimum absolute atomic E-state index is 0.145. The van der Waals surface area contributed by atoms with Gasteiger partial charge in [0.05, 0.1) is 28.0 Å². The van der Waals surface area contributed by atoms with Gasteiger partial charge in [-0.05, 0) is 42.8 Å². The van der Waals surface area contributed by atoms with Crippen molar-refractivity contribution >= 4 is 34.4 Å². The second-order valence-corrected chi connectivity index (χ2v) is 6.55. The topological polar surface area (TPSA) is 57.8 Å². The Balaban J connectivity index is 1.69. The second kappa shape index (κ2) is 6.99. The maximum atomic E-state index is 13.1. The number of anilines is 1. The Labute approximate surface area is 150 Å². The van der Waals surface area contributed by atoms with E-state index in [1.165, 1.54) is 0 Å². The van der Waals surface area contributed by atoms with Crippen LogP contribution in [0.4, 0.5) is 23.2 Å². The fourth-order valence-electron chi connectivity index (χ4n) is 2.35. The zero-order valence-corrected chi connectivity index (χ0v) is 14.3. The number of alkyl halides is 3. The molecular weight excluding hydrogens is 370 g/mol. The van der Waals surface area contributed by atoms with Gasteiger partial charge >= 0.3 is 6.18 Å². The Bertz CT molecular complexity index is 968. The van der Waals surface area contributed by atoms with Gasteiger partial charge in [0.1, 0.15) is 5.82 Å². The largest absolute Gasteiger partial charge is 0.418 e. The molecule has 0 aliphatic heterocycles. The molecular formula is C17H13F4N3OS. The van der Waals surface area contributed by atoms with E-state index in [0.29, 0.717) is 11.2 Å². The van der Waals surface area contributed by atoms with Gasteiger partial charge in [0.2, 0.25) is 5.91 Å². The molecule has 1 amide bonds. The molecule has 0 saturated carbocycles. The third-order valence-corrected chi connectivity index (χ3v) is 4.39. The molecule has 26 heavy (non-hydrogen) atoms. The lowest BCUT2D eigenvalue weighted by atomic mass is 10.1. The predicted molar refractivity (Wildman–Crippen MR) is 91.6 cm³/mol. The Morgan fingerprint density at radius 1 is 1.23 bits per heavy atom. The first-order valence-electron chi connectivity index (χ1n) is 7.48. The minimum Gasteiger partial charge on any atom is -0.333 e. The highest BCUT2D eigenvalue weighted by atomic mass is 32.2. The molecule has 3 aromatic rings. The van der Waals surface area contributed by atoms with Gasteiger partial charge in [-0.2, -0.15) is 13.2 Å². The Morgan fingerprint density at radius 3 is 2.73 bits per heavy atom. The molecule has 2 aromatic carbocycles. The number of rotatable bonds is 4. The molecule has 3 rings (SSSR count). The second-order valence-electron chi connectivity index (χ2n) is 5.59. The van der Waals surface area contributed by atoms with Crippen LogP contribution in [0.5, 0.6) is 0 Å². The van der Waals surface area contributed by atoms with Crippen molar-refractivity contribution in [1.29, 1.82) is 0 Å². The molecule has 0 radical (unpaired) electrons. The van der Waals surface area contributed by atoms with Crippen molar-refractivity contribution in [3.63, 3.8) is 0 Å². The zero-order chi connectivity index (χ0) is 18.9. The van der Waals surface area contributed by atoms with Crippen LogP contribution < -0.4 is 5.32 Å². The molecule has 0 bridgehead atoms. The number of benzene rings is 2. The van der Waals surface area contributed by atoms with Gasteiger partial charge in [-0.15, -0.1) is 0 Å². The maximum absolute atomic E-state index is 13.1. The first-order valence-corrected chi connectivity index (χ1v) is 8.47. The molecule has 4 nitrogen and oxygen atoms in total. The van der Waals surface area contributed by atoms with E-state index in [-0.39, 0.29) is 5.75 Å². The fraction of sp³-hybridized carbons (Fsp3) is 0.176. The minimum atomic E-state index is -4.77. The molecule has 0 saturated heterocycles. The quantitative estimate of drug-likeness (QED) is 0.505. The SMILES string of the molecule is Cc1ccc2nc(SCC(=O)Nc3ccc(F)cc3C(F)(F)F)[nH]c2c1. The van der Waals surface area contributed by atoms with Crippen molar-refractivity contribution in [2.75, 3.05) is 11.1 Å². The number of imidazole rings is 1. The van der Waals surface area contributed by atoms with Crippen LogP contribution in [0.3, 0.4) is 0 Å². The van der Waals surface area contributed by atoms with Crippen molar-refractivity contribution in [2.45, 2.75) is 18.3 Å². The fourth-order valence-corrected chi connectivity index (χ4v) is 3.03. The van der Waals surface area contributed by atoms with E-state index < -0.39 is 29.2 Å². The first kappa shape index (κ1) is 18.2. The average molecular weight is 383 g/mol. The molecule has 9 heteroatoms. The normalized spacial score (nSPS) is 11.7. The van der Waals surface area contributed by atoms with Crippen molar-refractivity contribution in [3.05, 3.63) is 53.3 Å². The van der Waals surface area contributed by atoms with Gasteiger partial charge in [0, 0.05) is 0 Å². The van der Waals surface area contributed by atoms with Crippen LogP contribution in [-0.2, 0) is 11.0 Å². The molecule has 0 fully saturated rings. The summed E-state index contributed by atoms with van der Waals surface area (Å²) in [6.07, 6.45) is -4.77. The number of thioether (sulfide) groups is 1. The highest BCUT2D eigenvalue weighted by molar-refractivity contribution is 7.99. The average Bonchev–Trinajstić information content (AvgIpc) is 2.95. The summed E-state index contributed by atoms with van der Waals surface area (Å²) in [5.41, 5.74) is 0.883. The lowest BCUT2D eigenvalue weighted by Gasteiger charge is -2.13. The van der Waals surface area contributed by atoms with Crippen LogP contribution >= 0.6 is 11.8 Å². The Kier molecular flexibility index (Phi) is 4.90. The highest BCUT2D eigenvalue weighted by Gasteiger charge is 2.34. The number of halogens is 4. The summed E-state index contributed by atoms with van der Waals surface area (Å²) in [6, 6.07) is 7.74. The third-order valence-electron chi connectivity index (χ3n) is 3.52. The van der Waals surface area contributed by atoms with Gasteiger partial charge in [-0.1, -0.05) is 17.8 Å². The summed E-state index contributed by atoms with van der Waals surface area (Å²) in [5, 5.41) is 2.65. The summed E-state index contributed by atoms with van der Waals surface area (Å²) in [5.74, 6) is -1.82. The molecule has 0 atom stereocenters. The number of aromatic nitrogens is 2. The smallest absolute Gasteiger partial charge is 0.333 e. The molecule has 0 spiro atoms. The predicted octanol–water partition coefficient (Wildman–Crippen LogP) is 4.76. The number of H-pyrrole nitrogens is 1. The maximum Gasteiger partial charge on any atom is 0.418 e. The van der Waals surface area contributed by atoms with Crippen LogP contribution in [-0.4, -0.2) is 21.6 Å². The zero-order valence-electron chi connectivity index (χ0n) is 13.4. The van der Waals surface area contributed by atoms with E-state index in [2.05, 4.69) is 15.3 Å². The number of amides is 1. The van der Waals surface area contributed by atoms with Crippen molar-refractivity contribution in [1.82, 2.24) is 9.97 Å². The summed E-state index contributed by atoms with van der Waals surface area (Å²) in [6.45, 7) is 1.93. The van der Waals surface area contributed by atoms with Crippen molar-refractivity contribution in [3.8, 4) is 0 Å². The van der Waals surface area contributed by atoms with Gasteiger partial charge in [-0.25, -0.2) is 9.37 Å². The van der Waals surface area contributed by atoms with Gasteiger partial charge in [0.25, 0.3) is 0 Å². The number of carbonyl (C=O) groups is 1. The first-order chi connectivity index (χ1) is 12.2. The molecule has 1 aromatic heterocycles. The molecule has 0 aliphatic rings.